The van der Waals surface area contributed by atoms with Gasteiger partial charge in [-0.25, -0.2) is 4.39 Å². The highest BCUT2D eigenvalue weighted by Crippen LogP contribution is 2.10. The Kier molecular flexibility index (Phi) is 6.65. The highest BCUT2D eigenvalue weighted by molar-refractivity contribution is 5.91. The summed E-state index contributed by atoms with van der Waals surface area (Å²) in [6.07, 6.45) is 0. The third-order valence-electron chi connectivity index (χ3n) is 3.73. The van der Waals surface area contributed by atoms with Crippen molar-refractivity contribution in [2.75, 3.05) is 25.5 Å². The highest BCUT2D eigenvalue weighted by atomic mass is 19.1. The predicted octanol–water partition coefficient (Wildman–Crippen LogP) is 1.16. The molecule has 25 heavy (non-hydrogen) atoms. The zero-order chi connectivity index (χ0) is 18.2. The van der Waals surface area contributed by atoms with Gasteiger partial charge in [0.15, 0.2) is 13.1 Å². The van der Waals surface area contributed by atoms with Gasteiger partial charge in [-0.15, -0.1) is 0 Å². The maximum Gasteiger partial charge on any atom is 0.279 e. The Hall–Kier alpha value is -2.73. The second-order valence-electron chi connectivity index (χ2n) is 6.07. The van der Waals surface area contributed by atoms with Crippen molar-refractivity contribution in [3.05, 3.63) is 66.0 Å². The number of likely N-dealkylation sites (N-methyl/N-ethyl adjacent to an activating group) is 1. The van der Waals surface area contributed by atoms with Crippen LogP contribution in [0, 0.1) is 5.82 Å². The number of nitrogens with one attached hydrogen (secondary N) is 3. The highest BCUT2D eigenvalue weighted by Gasteiger charge is 2.16. The third kappa shape index (κ3) is 6.35. The molecule has 2 aromatic carbocycles. The van der Waals surface area contributed by atoms with E-state index in [9.17, 15) is 14.0 Å². The minimum Gasteiger partial charge on any atom is -0.345 e. The summed E-state index contributed by atoms with van der Waals surface area (Å²) in [5, 5.41) is 5.60. The lowest BCUT2D eigenvalue weighted by atomic mass is 10.1. The molecule has 0 saturated carbocycles. The molecular weight excluding hydrogens is 321 g/mol. The lowest BCUT2D eigenvalue weighted by molar-refractivity contribution is -0.862. The summed E-state index contributed by atoms with van der Waals surface area (Å²) in [5.41, 5.74) is 1.56. The number of hydrogen-bond donors (Lipinski definition) is 3. The quantitative estimate of drug-likeness (QED) is 0.706. The first-order chi connectivity index (χ1) is 11.9. The maximum atomic E-state index is 12.8. The van der Waals surface area contributed by atoms with Crippen LogP contribution in [0.3, 0.4) is 0 Å². The molecule has 6 heteroatoms. The molecule has 0 aliphatic heterocycles. The van der Waals surface area contributed by atoms with Crippen LogP contribution in [0.1, 0.15) is 18.5 Å². The lowest BCUT2D eigenvalue weighted by Crippen LogP contribution is -3.11. The molecule has 0 heterocycles. The monoisotopic (exact) mass is 344 g/mol. The molecule has 132 valence electrons. The van der Waals surface area contributed by atoms with Crippen LogP contribution in [0.15, 0.2) is 54.6 Å². The number of carbonyl (C=O) groups is 2. The first kappa shape index (κ1) is 18.6. The average molecular weight is 344 g/mol. The van der Waals surface area contributed by atoms with Gasteiger partial charge in [0, 0.05) is 5.69 Å². The largest absolute Gasteiger partial charge is 0.345 e. The molecule has 2 rings (SSSR count). The van der Waals surface area contributed by atoms with Crippen molar-refractivity contribution in [2.24, 2.45) is 0 Å². The number of anilines is 1. The Morgan fingerprint density at radius 3 is 2.24 bits per heavy atom. The van der Waals surface area contributed by atoms with Crippen LogP contribution in [0.25, 0.3) is 0 Å². The Morgan fingerprint density at radius 1 is 1.00 bits per heavy atom. The SMILES string of the molecule is C[C@@H](NC(=O)C[NH+](C)CC(=O)Nc1ccc(F)cc1)c1ccccc1. The molecule has 3 N–H and O–H groups in total. The molecule has 1 unspecified atom stereocenters. The van der Waals surface area contributed by atoms with Gasteiger partial charge in [-0.05, 0) is 36.8 Å². The number of benzene rings is 2. The fraction of sp³-hybridized carbons (Fsp3) is 0.263. The molecule has 0 aliphatic rings. The molecule has 0 radical (unpaired) electrons. The van der Waals surface area contributed by atoms with Gasteiger partial charge in [0.2, 0.25) is 0 Å². The van der Waals surface area contributed by atoms with Gasteiger partial charge in [0.1, 0.15) is 5.82 Å². The number of amides is 2. The van der Waals surface area contributed by atoms with Gasteiger partial charge in [-0.3, -0.25) is 9.59 Å². The van der Waals surface area contributed by atoms with Gasteiger partial charge in [-0.1, -0.05) is 30.3 Å². The van der Waals surface area contributed by atoms with Crippen molar-refractivity contribution in [3.8, 4) is 0 Å². The van der Waals surface area contributed by atoms with Crippen molar-refractivity contribution < 1.29 is 18.9 Å². The van der Waals surface area contributed by atoms with E-state index in [2.05, 4.69) is 10.6 Å². The van der Waals surface area contributed by atoms with Crippen LogP contribution >= 0.6 is 0 Å². The Morgan fingerprint density at radius 2 is 1.60 bits per heavy atom. The summed E-state index contributed by atoms with van der Waals surface area (Å²) in [6, 6.07) is 15.2. The number of halogens is 1. The van der Waals surface area contributed by atoms with Crippen molar-refractivity contribution in [1.29, 1.82) is 0 Å². The maximum absolute atomic E-state index is 12.8. The standard InChI is InChI=1S/C19H22FN3O2/c1-14(15-6-4-3-5-7-15)21-18(24)12-23(2)13-19(25)22-17-10-8-16(20)9-11-17/h3-11,14H,12-13H2,1-2H3,(H,21,24)(H,22,25)/p+1/t14-/m1/s1. The van der Waals surface area contributed by atoms with Crippen LogP contribution < -0.4 is 15.5 Å². The van der Waals surface area contributed by atoms with Crippen LogP contribution in [0.4, 0.5) is 10.1 Å². The van der Waals surface area contributed by atoms with Crippen molar-refractivity contribution in [3.63, 3.8) is 0 Å². The Bertz CT molecular complexity index is 704. The van der Waals surface area contributed by atoms with E-state index in [1.54, 1.807) is 7.05 Å². The predicted molar refractivity (Wildman–Crippen MR) is 94.7 cm³/mol. The second kappa shape index (κ2) is 8.94. The molecule has 2 aromatic rings. The van der Waals surface area contributed by atoms with Crippen molar-refractivity contribution >= 4 is 17.5 Å². The number of hydrogen-bond acceptors (Lipinski definition) is 2. The summed E-state index contributed by atoms with van der Waals surface area (Å²) in [5.74, 6) is -0.707. The molecule has 2 atom stereocenters. The van der Waals surface area contributed by atoms with Gasteiger partial charge < -0.3 is 15.5 Å². The van der Waals surface area contributed by atoms with Crippen molar-refractivity contribution in [1.82, 2.24) is 5.32 Å². The summed E-state index contributed by atoms with van der Waals surface area (Å²) < 4.78 is 12.8. The van der Waals surface area contributed by atoms with E-state index in [1.807, 2.05) is 37.3 Å². The second-order valence-corrected chi connectivity index (χ2v) is 6.07. The topological polar surface area (TPSA) is 62.6 Å². The fourth-order valence-electron chi connectivity index (χ4n) is 2.47. The van der Waals surface area contributed by atoms with Gasteiger partial charge in [0.25, 0.3) is 11.8 Å². The molecule has 0 bridgehead atoms. The van der Waals surface area contributed by atoms with Crippen LogP contribution in [0.2, 0.25) is 0 Å². The van der Waals surface area contributed by atoms with Crippen LogP contribution in [-0.2, 0) is 9.59 Å². The first-order valence-corrected chi connectivity index (χ1v) is 8.15. The van der Waals surface area contributed by atoms with E-state index in [-0.39, 0.29) is 36.8 Å². The molecule has 0 saturated heterocycles. The van der Waals surface area contributed by atoms with E-state index >= 15 is 0 Å². The Balaban J connectivity index is 1.76. The van der Waals surface area contributed by atoms with Crippen LogP contribution in [0.5, 0.6) is 0 Å². The van der Waals surface area contributed by atoms with Gasteiger partial charge >= 0.3 is 0 Å². The summed E-state index contributed by atoms with van der Waals surface area (Å²) in [7, 11) is 1.77. The van der Waals surface area contributed by atoms with Crippen molar-refractivity contribution in [2.45, 2.75) is 13.0 Å². The van der Waals surface area contributed by atoms with Gasteiger partial charge in [0.05, 0.1) is 13.1 Å². The van der Waals surface area contributed by atoms with E-state index in [1.165, 1.54) is 24.3 Å². The zero-order valence-electron chi connectivity index (χ0n) is 14.4. The van der Waals surface area contributed by atoms with Crippen LogP contribution in [-0.4, -0.2) is 32.0 Å². The zero-order valence-corrected chi connectivity index (χ0v) is 14.4. The number of rotatable bonds is 7. The summed E-state index contributed by atoms with van der Waals surface area (Å²) in [6.45, 7) is 2.25. The van der Waals surface area contributed by atoms with E-state index in [4.69, 9.17) is 0 Å². The van der Waals surface area contributed by atoms with E-state index < -0.39 is 0 Å². The smallest absolute Gasteiger partial charge is 0.279 e. The number of carbonyl (C=O) groups excluding carboxylic acids is 2. The third-order valence-corrected chi connectivity index (χ3v) is 3.73. The average Bonchev–Trinajstić information content (AvgIpc) is 2.57. The molecular formula is C19H23FN3O2+. The molecule has 0 aromatic heterocycles. The Labute approximate surface area is 146 Å². The number of quaternary nitrogens is 1. The summed E-state index contributed by atoms with van der Waals surface area (Å²) in [4.78, 5) is 24.8. The fourth-order valence-corrected chi connectivity index (χ4v) is 2.47. The summed E-state index contributed by atoms with van der Waals surface area (Å²) >= 11 is 0. The van der Waals surface area contributed by atoms with Gasteiger partial charge in [-0.2, -0.15) is 0 Å². The molecule has 0 aliphatic carbocycles. The molecule has 0 fully saturated rings. The molecule has 0 spiro atoms. The van der Waals surface area contributed by atoms with E-state index in [0.717, 1.165) is 10.5 Å². The van der Waals surface area contributed by atoms with E-state index in [0.29, 0.717) is 5.69 Å². The minimum absolute atomic E-state index is 0.0884. The minimum atomic E-state index is -0.357. The molecule has 2 amide bonds. The first-order valence-electron chi connectivity index (χ1n) is 8.15. The normalized spacial score (nSPS) is 12.9. The molecule has 5 nitrogen and oxygen atoms in total. The lowest BCUT2D eigenvalue weighted by Gasteiger charge is -2.17.